The number of aromatic carboxylic acids is 1. The number of amides is 2. The Balaban J connectivity index is 1.02. The molecule has 3 aliphatic carbocycles. The standard InChI is InChI=1S/C30H29Cl2N3O5/c31-23-2-1-3-24(32)26(23)27-22(28(40-34-27)16-6-7-16)14-39-20-12-18-11-19(13-20)35(18)30(38)33-25-9-8-17(29(36)37)10-21(25)15-4-5-15/h1-3,8-10,15-16,18-20H,4-7,11-14H2,(H,33,38)(H,36,37). The van der Waals surface area contributed by atoms with Crippen molar-refractivity contribution in [1.29, 1.82) is 0 Å². The number of hydrogen-bond acceptors (Lipinski definition) is 5. The lowest BCUT2D eigenvalue weighted by molar-refractivity contribution is -0.0837. The van der Waals surface area contributed by atoms with E-state index in [1.54, 1.807) is 36.4 Å². The maximum absolute atomic E-state index is 13.3. The molecule has 8 rings (SSSR count). The third kappa shape index (κ3) is 4.76. The Morgan fingerprint density at radius 3 is 2.38 bits per heavy atom. The van der Waals surface area contributed by atoms with E-state index < -0.39 is 5.97 Å². The molecule has 3 saturated carbocycles. The summed E-state index contributed by atoms with van der Waals surface area (Å²) in [6.45, 7) is 0.350. The number of anilines is 1. The summed E-state index contributed by atoms with van der Waals surface area (Å²) in [5, 5.41) is 17.8. The van der Waals surface area contributed by atoms with Crippen LogP contribution in [0.2, 0.25) is 10.0 Å². The van der Waals surface area contributed by atoms with Gasteiger partial charge in [0.05, 0.1) is 28.3 Å². The number of nitrogens with one attached hydrogen (secondary N) is 1. The van der Waals surface area contributed by atoms with Crippen LogP contribution in [0.5, 0.6) is 0 Å². The number of ether oxygens (including phenoxy) is 1. The zero-order valence-electron chi connectivity index (χ0n) is 21.7. The van der Waals surface area contributed by atoms with Gasteiger partial charge in [0.2, 0.25) is 0 Å². The minimum Gasteiger partial charge on any atom is -0.478 e. The summed E-state index contributed by atoms with van der Waals surface area (Å²) in [5.41, 5.74) is 4.08. The van der Waals surface area contributed by atoms with E-state index in [9.17, 15) is 14.7 Å². The minimum atomic E-state index is -0.958. The summed E-state index contributed by atoms with van der Waals surface area (Å²) >= 11 is 13.0. The van der Waals surface area contributed by atoms with Gasteiger partial charge in [-0.1, -0.05) is 34.4 Å². The number of aromatic nitrogens is 1. The van der Waals surface area contributed by atoms with Crippen molar-refractivity contribution in [2.24, 2.45) is 0 Å². The SMILES string of the molecule is O=C(O)c1ccc(NC(=O)N2C3CC(OCc4c(-c5c(Cl)cccc5Cl)noc4C4CC4)CC2C3)c(C2CC2)c1. The molecule has 2 amide bonds. The van der Waals surface area contributed by atoms with Crippen LogP contribution in [0.25, 0.3) is 11.3 Å². The lowest BCUT2D eigenvalue weighted by atomic mass is 9.78. The highest BCUT2D eigenvalue weighted by atomic mass is 35.5. The molecule has 2 atom stereocenters. The van der Waals surface area contributed by atoms with Crippen LogP contribution in [-0.2, 0) is 11.3 Å². The predicted molar refractivity (Wildman–Crippen MR) is 150 cm³/mol. The fourth-order valence-corrected chi connectivity index (χ4v) is 6.84. The molecule has 208 valence electrons. The van der Waals surface area contributed by atoms with Crippen molar-refractivity contribution < 1.29 is 24.0 Å². The maximum atomic E-state index is 13.3. The molecule has 10 heteroatoms. The molecule has 3 aromatic rings. The molecule has 2 bridgehead atoms. The molecule has 3 heterocycles. The van der Waals surface area contributed by atoms with Crippen molar-refractivity contribution >= 4 is 40.9 Å². The molecule has 2 saturated heterocycles. The monoisotopic (exact) mass is 581 g/mol. The van der Waals surface area contributed by atoms with Gasteiger partial charge in [-0.25, -0.2) is 9.59 Å². The number of carbonyl (C=O) groups excluding carboxylic acids is 1. The largest absolute Gasteiger partial charge is 0.478 e. The topological polar surface area (TPSA) is 105 Å². The van der Waals surface area contributed by atoms with Gasteiger partial charge < -0.3 is 24.6 Å². The van der Waals surface area contributed by atoms with Crippen LogP contribution >= 0.6 is 23.2 Å². The second-order valence-electron chi connectivity index (χ2n) is 11.4. The lowest BCUT2D eigenvalue weighted by Gasteiger charge is -2.54. The van der Waals surface area contributed by atoms with Crippen LogP contribution < -0.4 is 5.32 Å². The van der Waals surface area contributed by atoms with Crippen molar-refractivity contribution in [1.82, 2.24) is 10.1 Å². The second kappa shape index (κ2) is 10.1. The van der Waals surface area contributed by atoms with E-state index in [1.165, 1.54) is 0 Å². The first kappa shape index (κ1) is 25.9. The number of hydrogen-bond donors (Lipinski definition) is 2. The van der Waals surface area contributed by atoms with E-state index >= 15 is 0 Å². The predicted octanol–water partition coefficient (Wildman–Crippen LogP) is 7.46. The molecule has 0 spiro atoms. The molecular weight excluding hydrogens is 553 g/mol. The van der Waals surface area contributed by atoms with Gasteiger partial charge >= 0.3 is 12.0 Å². The molecule has 40 heavy (non-hydrogen) atoms. The van der Waals surface area contributed by atoms with E-state index in [0.29, 0.717) is 45.4 Å². The first-order valence-electron chi connectivity index (χ1n) is 13.9. The van der Waals surface area contributed by atoms with Crippen LogP contribution in [0.4, 0.5) is 10.5 Å². The summed E-state index contributed by atoms with van der Waals surface area (Å²) in [4.78, 5) is 26.6. The highest BCUT2D eigenvalue weighted by Crippen LogP contribution is 2.47. The molecular formula is C30H29Cl2N3O5. The fourth-order valence-electron chi connectivity index (χ4n) is 6.26. The molecule has 2 aliphatic heterocycles. The molecule has 1 aromatic heterocycles. The maximum Gasteiger partial charge on any atom is 0.335 e. The van der Waals surface area contributed by atoms with E-state index in [2.05, 4.69) is 10.5 Å². The molecule has 5 aliphatic rings. The lowest BCUT2D eigenvalue weighted by Crippen LogP contribution is -2.65. The van der Waals surface area contributed by atoms with Gasteiger partial charge in [-0.3, -0.25) is 0 Å². The third-order valence-corrected chi connectivity index (χ3v) is 9.25. The van der Waals surface area contributed by atoms with E-state index in [4.69, 9.17) is 32.5 Å². The third-order valence-electron chi connectivity index (χ3n) is 8.62. The van der Waals surface area contributed by atoms with E-state index in [1.807, 2.05) is 4.90 Å². The summed E-state index contributed by atoms with van der Waals surface area (Å²) in [7, 11) is 0. The van der Waals surface area contributed by atoms with Gasteiger partial charge in [0.1, 0.15) is 11.5 Å². The number of piperidine rings is 1. The van der Waals surface area contributed by atoms with Crippen molar-refractivity contribution in [3.05, 3.63) is 68.9 Å². The second-order valence-corrected chi connectivity index (χ2v) is 12.2. The van der Waals surface area contributed by atoms with Gasteiger partial charge in [-0.15, -0.1) is 0 Å². The van der Waals surface area contributed by atoms with Gasteiger partial charge in [-0.05, 0) is 86.8 Å². The van der Waals surface area contributed by atoms with Crippen molar-refractivity contribution in [3.8, 4) is 11.3 Å². The van der Waals surface area contributed by atoms with E-state index in [-0.39, 0.29) is 29.8 Å². The average Bonchev–Trinajstić information content (AvgIpc) is 3.86. The van der Waals surface area contributed by atoms with Gasteiger partial charge in [0, 0.05) is 34.8 Å². The first-order chi connectivity index (χ1) is 19.4. The Labute approximate surface area is 241 Å². The zero-order valence-corrected chi connectivity index (χ0v) is 23.3. The van der Waals surface area contributed by atoms with E-state index in [0.717, 1.165) is 61.8 Å². The number of carbonyl (C=O) groups is 2. The molecule has 2 unspecified atom stereocenters. The molecule has 2 N–H and O–H groups in total. The fraction of sp³-hybridized carbons (Fsp3) is 0.433. The average molecular weight is 582 g/mol. The van der Waals surface area contributed by atoms with Crippen molar-refractivity contribution in [3.63, 3.8) is 0 Å². The summed E-state index contributed by atoms with van der Waals surface area (Å²) in [6, 6.07) is 10.4. The normalized spacial score (nSPS) is 23.6. The summed E-state index contributed by atoms with van der Waals surface area (Å²) in [5.74, 6) is 0.561. The number of rotatable bonds is 8. The number of carboxylic acids is 1. The smallest absolute Gasteiger partial charge is 0.335 e. The molecule has 0 radical (unpaired) electrons. The van der Waals surface area contributed by atoms with Crippen molar-refractivity contribution in [2.45, 2.75) is 81.6 Å². The first-order valence-corrected chi connectivity index (χ1v) is 14.6. The number of halogens is 2. The Bertz CT molecular complexity index is 1470. The van der Waals surface area contributed by atoms with Crippen LogP contribution in [-0.4, -0.2) is 45.4 Å². The number of benzene rings is 2. The van der Waals surface area contributed by atoms with Gasteiger partial charge in [-0.2, -0.15) is 0 Å². The highest BCUT2D eigenvalue weighted by Gasteiger charge is 2.48. The Morgan fingerprint density at radius 2 is 1.73 bits per heavy atom. The van der Waals surface area contributed by atoms with Crippen LogP contribution in [0, 0.1) is 0 Å². The molecule has 5 fully saturated rings. The Kier molecular flexibility index (Phi) is 6.52. The quantitative estimate of drug-likeness (QED) is 0.286. The van der Waals surface area contributed by atoms with Crippen LogP contribution in [0.1, 0.15) is 84.0 Å². The number of fused-ring (bicyclic) bond motifs is 2. The highest BCUT2D eigenvalue weighted by molar-refractivity contribution is 6.39. The summed E-state index contributed by atoms with van der Waals surface area (Å²) < 4.78 is 12.2. The number of carboxylic acid groups (broad SMARTS) is 1. The Morgan fingerprint density at radius 1 is 1.02 bits per heavy atom. The Hall–Kier alpha value is -3.07. The van der Waals surface area contributed by atoms with Gasteiger partial charge in [0.25, 0.3) is 0 Å². The minimum absolute atomic E-state index is 0.0150. The van der Waals surface area contributed by atoms with Gasteiger partial charge in [0.15, 0.2) is 0 Å². The summed E-state index contributed by atoms with van der Waals surface area (Å²) in [6.07, 6.45) is 6.64. The van der Waals surface area contributed by atoms with Crippen LogP contribution in [0.3, 0.4) is 0 Å². The zero-order chi connectivity index (χ0) is 27.5. The van der Waals surface area contributed by atoms with Crippen molar-refractivity contribution in [2.75, 3.05) is 5.32 Å². The molecule has 8 nitrogen and oxygen atoms in total. The molecule has 2 aromatic carbocycles. The number of urea groups is 1. The number of nitrogens with zero attached hydrogens (tertiary/aromatic N) is 2. The van der Waals surface area contributed by atoms with Crippen LogP contribution in [0.15, 0.2) is 40.9 Å².